The van der Waals surface area contributed by atoms with Crippen molar-refractivity contribution in [3.05, 3.63) is 16.1 Å². The van der Waals surface area contributed by atoms with Crippen LogP contribution in [0.2, 0.25) is 0 Å². The van der Waals surface area contributed by atoms with Crippen molar-refractivity contribution >= 4 is 17.3 Å². The standard InChI is InChI=1S/C17H33N5S/c1-5-15-13-20-16(23-15)14-21-17(18-2)19-11-9-7-6-8-10-12-22(3)4/h13H,5-12,14H2,1-4H3,(H2,18,19,21). The molecule has 1 rings (SSSR count). The highest BCUT2D eigenvalue weighted by Crippen LogP contribution is 2.12. The van der Waals surface area contributed by atoms with Crippen LogP contribution in [0.25, 0.3) is 0 Å². The molecule has 132 valence electrons. The maximum absolute atomic E-state index is 4.41. The molecule has 0 aromatic carbocycles. The topological polar surface area (TPSA) is 52.6 Å². The number of nitrogens with one attached hydrogen (secondary N) is 2. The summed E-state index contributed by atoms with van der Waals surface area (Å²) in [4.78, 5) is 12.3. The average molecular weight is 340 g/mol. The average Bonchev–Trinajstić information content (AvgIpc) is 3.00. The van der Waals surface area contributed by atoms with E-state index in [4.69, 9.17) is 0 Å². The second-order valence-electron chi connectivity index (χ2n) is 6.00. The summed E-state index contributed by atoms with van der Waals surface area (Å²) >= 11 is 1.77. The molecule has 0 amide bonds. The summed E-state index contributed by atoms with van der Waals surface area (Å²) in [6.45, 7) is 5.08. The minimum Gasteiger partial charge on any atom is -0.356 e. The first-order chi connectivity index (χ1) is 11.2. The first kappa shape index (κ1) is 19.9. The molecule has 1 heterocycles. The molecule has 0 unspecified atom stereocenters. The van der Waals surface area contributed by atoms with Gasteiger partial charge in [0.05, 0.1) is 6.54 Å². The Bertz CT molecular complexity index is 442. The van der Waals surface area contributed by atoms with E-state index in [1.165, 1.54) is 43.5 Å². The molecule has 0 aliphatic carbocycles. The molecule has 0 radical (unpaired) electrons. The largest absolute Gasteiger partial charge is 0.356 e. The summed E-state index contributed by atoms with van der Waals surface area (Å²) in [5, 5.41) is 7.82. The van der Waals surface area contributed by atoms with Gasteiger partial charge < -0.3 is 15.5 Å². The van der Waals surface area contributed by atoms with Crippen LogP contribution in [0.1, 0.15) is 48.9 Å². The van der Waals surface area contributed by atoms with Gasteiger partial charge >= 0.3 is 0 Å². The van der Waals surface area contributed by atoms with Crippen molar-refractivity contribution < 1.29 is 0 Å². The Balaban J connectivity index is 2.05. The molecule has 0 fully saturated rings. The Morgan fingerprint density at radius 2 is 1.91 bits per heavy atom. The maximum atomic E-state index is 4.41. The second kappa shape index (κ2) is 12.3. The number of rotatable bonds is 11. The van der Waals surface area contributed by atoms with E-state index < -0.39 is 0 Å². The first-order valence-electron chi connectivity index (χ1n) is 8.68. The number of nitrogens with zero attached hydrogens (tertiary/aromatic N) is 3. The molecule has 23 heavy (non-hydrogen) atoms. The van der Waals surface area contributed by atoms with Gasteiger partial charge in [-0.2, -0.15) is 0 Å². The second-order valence-corrected chi connectivity index (χ2v) is 7.20. The minimum atomic E-state index is 0.745. The smallest absolute Gasteiger partial charge is 0.191 e. The lowest BCUT2D eigenvalue weighted by molar-refractivity contribution is 0.389. The van der Waals surface area contributed by atoms with E-state index in [0.29, 0.717) is 0 Å². The molecule has 0 bridgehead atoms. The molecule has 0 spiro atoms. The Labute approximate surface area is 145 Å². The van der Waals surface area contributed by atoms with Gasteiger partial charge in [-0.25, -0.2) is 4.98 Å². The quantitative estimate of drug-likeness (QED) is 0.370. The number of hydrogen-bond acceptors (Lipinski definition) is 4. The molecule has 0 aliphatic heterocycles. The van der Waals surface area contributed by atoms with Crippen LogP contribution in [0.5, 0.6) is 0 Å². The van der Waals surface area contributed by atoms with Gasteiger partial charge in [-0.15, -0.1) is 11.3 Å². The third-order valence-corrected chi connectivity index (χ3v) is 4.80. The number of aliphatic imine (C=N–C) groups is 1. The van der Waals surface area contributed by atoms with E-state index in [9.17, 15) is 0 Å². The van der Waals surface area contributed by atoms with Gasteiger partial charge in [-0.05, 0) is 39.9 Å². The Morgan fingerprint density at radius 3 is 2.57 bits per heavy atom. The lowest BCUT2D eigenvalue weighted by atomic mass is 10.1. The van der Waals surface area contributed by atoms with Crippen molar-refractivity contribution in [3.8, 4) is 0 Å². The normalized spacial score (nSPS) is 12.0. The summed E-state index contributed by atoms with van der Waals surface area (Å²) in [5.74, 6) is 0.867. The summed E-state index contributed by atoms with van der Waals surface area (Å²) in [5.41, 5.74) is 0. The van der Waals surface area contributed by atoms with Crippen molar-refractivity contribution in [2.24, 2.45) is 4.99 Å². The monoisotopic (exact) mass is 339 g/mol. The van der Waals surface area contributed by atoms with Gasteiger partial charge in [0.2, 0.25) is 0 Å². The van der Waals surface area contributed by atoms with Crippen LogP contribution >= 0.6 is 11.3 Å². The van der Waals surface area contributed by atoms with Gasteiger partial charge in [0.25, 0.3) is 0 Å². The van der Waals surface area contributed by atoms with Crippen molar-refractivity contribution in [2.45, 2.75) is 52.0 Å². The number of aromatic nitrogens is 1. The van der Waals surface area contributed by atoms with E-state index >= 15 is 0 Å². The van der Waals surface area contributed by atoms with Crippen LogP contribution < -0.4 is 10.6 Å². The van der Waals surface area contributed by atoms with E-state index in [0.717, 1.165) is 30.5 Å². The Morgan fingerprint density at radius 1 is 1.17 bits per heavy atom. The summed E-state index contributed by atoms with van der Waals surface area (Å²) < 4.78 is 0. The molecule has 0 aliphatic rings. The van der Waals surface area contributed by atoms with Crippen LogP contribution in [-0.4, -0.2) is 50.1 Å². The summed E-state index contributed by atoms with van der Waals surface area (Å²) in [7, 11) is 6.09. The predicted molar refractivity (Wildman–Crippen MR) is 101 cm³/mol. The SMILES string of the molecule is CCc1cnc(CNC(=NC)NCCCCCCCN(C)C)s1. The van der Waals surface area contributed by atoms with Gasteiger partial charge in [0.15, 0.2) is 5.96 Å². The highest BCUT2D eigenvalue weighted by molar-refractivity contribution is 7.11. The number of aryl methyl sites for hydroxylation is 1. The van der Waals surface area contributed by atoms with E-state index in [-0.39, 0.29) is 0 Å². The number of guanidine groups is 1. The molecule has 0 saturated heterocycles. The highest BCUT2D eigenvalue weighted by Gasteiger charge is 2.02. The third kappa shape index (κ3) is 9.56. The number of hydrogen-bond donors (Lipinski definition) is 2. The Hall–Kier alpha value is -1.14. The zero-order valence-electron chi connectivity index (χ0n) is 15.2. The van der Waals surface area contributed by atoms with Crippen LogP contribution in [0.3, 0.4) is 0 Å². The lowest BCUT2D eigenvalue weighted by Crippen LogP contribution is -2.37. The summed E-state index contributed by atoms with van der Waals surface area (Å²) in [6, 6.07) is 0. The minimum absolute atomic E-state index is 0.745. The van der Waals surface area contributed by atoms with E-state index in [1.807, 2.05) is 13.2 Å². The van der Waals surface area contributed by atoms with E-state index in [2.05, 4.69) is 46.5 Å². The fourth-order valence-corrected chi connectivity index (χ4v) is 3.07. The summed E-state index contributed by atoms with van der Waals surface area (Å²) in [6.07, 6.45) is 9.45. The van der Waals surface area contributed by atoms with Gasteiger partial charge in [0.1, 0.15) is 5.01 Å². The molecule has 0 atom stereocenters. The van der Waals surface area contributed by atoms with Gasteiger partial charge in [0, 0.05) is 24.7 Å². The molecular weight excluding hydrogens is 306 g/mol. The molecule has 1 aromatic rings. The number of thiazole rings is 1. The van der Waals surface area contributed by atoms with Crippen molar-refractivity contribution in [1.29, 1.82) is 0 Å². The van der Waals surface area contributed by atoms with Crippen molar-refractivity contribution in [1.82, 2.24) is 20.5 Å². The molecule has 2 N–H and O–H groups in total. The van der Waals surface area contributed by atoms with Gasteiger partial charge in [-0.3, -0.25) is 4.99 Å². The zero-order chi connectivity index (χ0) is 16.9. The van der Waals surface area contributed by atoms with Crippen LogP contribution in [0, 0.1) is 0 Å². The maximum Gasteiger partial charge on any atom is 0.191 e. The molecular formula is C17H33N5S. The van der Waals surface area contributed by atoms with Crippen molar-refractivity contribution in [2.75, 3.05) is 34.2 Å². The molecule has 6 heteroatoms. The zero-order valence-corrected chi connectivity index (χ0v) is 16.0. The van der Waals surface area contributed by atoms with Gasteiger partial charge in [-0.1, -0.05) is 26.2 Å². The van der Waals surface area contributed by atoms with Crippen LogP contribution in [0.4, 0.5) is 0 Å². The molecule has 0 saturated carbocycles. The lowest BCUT2D eigenvalue weighted by Gasteiger charge is -2.11. The van der Waals surface area contributed by atoms with Crippen molar-refractivity contribution in [3.63, 3.8) is 0 Å². The van der Waals surface area contributed by atoms with E-state index in [1.54, 1.807) is 11.3 Å². The fourth-order valence-electron chi connectivity index (χ4n) is 2.26. The van der Waals surface area contributed by atoms with Crippen LogP contribution in [-0.2, 0) is 13.0 Å². The van der Waals surface area contributed by atoms with Crippen LogP contribution in [0.15, 0.2) is 11.2 Å². The Kier molecular flexibility index (Phi) is 10.6. The highest BCUT2D eigenvalue weighted by atomic mass is 32.1. The predicted octanol–water partition coefficient (Wildman–Crippen LogP) is 2.88. The molecule has 1 aromatic heterocycles. The third-order valence-electron chi connectivity index (χ3n) is 3.66. The fraction of sp³-hybridized carbons (Fsp3) is 0.765. The number of unbranched alkanes of at least 4 members (excludes halogenated alkanes) is 4. The molecule has 5 nitrogen and oxygen atoms in total. The first-order valence-corrected chi connectivity index (χ1v) is 9.50.